The molecule has 192 valence electrons. The smallest absolute Gasteiger partial charge is 0.0895 e. The number of benzene rings is 2. The van der Waals surface area contributed by atoms with Crippen molar-refractivity contribution in [2.24, 2.45) is 0 Å². The molecule has 4 nitrogen and oxygen atoms in total. The van der Waals surface area contributed by atoms with E-state index in [1.165, 1.54) is 75.8 Å². The Kier molecular flexibility index (Phi) is 6.91. The first kappa shape index (κ1) is 25.0. The average Bonchev–Trinajstić information content (AvgIpc) is 3.36. The Morgan fingerprint density at radius 3 is 2.50 bits per heavy atom. The van der Waals surface area contributed by atoms with Gasteiger partial charge in [0.1, 0.15) is 0 Å². The number of hydrogen-bond donors (Lipinski definition) is 1. The third-order valence-corrected chi connectivity index (χ3v) is 8.74. The lowest BCUT2D eigenvalue weighted by Gasteiger charge is -2.37. The Morgan fingerprint density at radius 1 is 1.06 bits per heavy atom. The van der Waals surface area contributed by atoms with Crippen LogP contribution >= 0.6 is 0 Å². The van der Waals surface area contributed by atoms with Crippen molar-refractivity contribution in [3.05, 3.63) is 65.1 Å². The first-order valence-electron chi connectivity index (χ1n) is 13.9. The predicted molar refractivity (Wildman–Crippen MR) is 153 cm³/mol. The van der Waals surface area contributed by atoms with Gasteiger partial charge < -0.3 is 14.6 Å². The van der Waals surface area contributed by atoms with Gasteiger partial charge in [0.25, 0.3) is 0 Å². The lowest BCUT2D eigenvalue weighted by atomic mass is 9.88. The van der Waals surface area contributed by atoms with E-state index in [9.17, 15) is 5.11 Å². The monoisotopic (exact) mass is 485 g/mol. The zero-order valence-electron chi connectivity index (χ0n) is 22.9. The summed E-state index contributed by atoms with van der Waals surface area (Å²) < 4.78 is 2.52. The molecule has 0 bridgehead atoms. The molecule has 2 aromatic carbocycles. The number of likely N-dealkylation sites (tertiary alicyclic amines) is 1. The molecule has 0 amide bonds. The molecule has 1 fully saturated rings. The lowest BCUT2D eigenvalue weighted by Crippen LogP contribution is -2.43. The number of allylic oxidation sites excluding steroid dienone is 1. The average molecular weight is 486 g/mol. The summed E-state index contributed by atoms with van der Waals surface area (Å²) in [6, 6.07) is 12.6. The molecule has 1 N–H and O–H groups in total. The first-order valence-corrected chi connectivity index (χ1v) is 13.9. The van der Waals surface area contributed by atoms with E-state index in [1.807, 2.05) is 0 Å². The molecule has 2 unspecified atom stereocenters. The van der Waals surface area contributed by atoms with Crippen molar-refractivity contribution in [2.45, 2.75) is 85.4 Å². The second-order valence-electron chi connectivity index (χ2n) is 11.2. The van der Waals surface area contributed by atoms with E-state index >= 15 is 0 Å². The van der Waals surface area contributed by atoms with Crippen LogP contribution in [0.4, 0.5) is 5.69 Å². The Balaban J connectivity index is 1.61. The predicted octanol–water partition coefficient (Wildman–Crippen LogP) is 7.32. The van der Waals surface area contributed by atoms with Crippen molar-refractivity contribution in [2.75, 3.05) is 24.5 Å². The summed E-state index contributed by atoms with van der Waals surface area (Å²) in [5.41, 5.74) is 10.2. The fourth-order valence-corrected chi connectivity index (χ4v) is 6.91. The van der Waals surface area contributed by atoms with Gasteiger partial charge in [-0.25, -0.2) is 0 Å². The quantitative estimate of drug-likeness (QED) is 0.339. The van der Waals surface area contributed by atoms with Crippen LogP contribution in [-0.2, 0) is 13.0 Å². The van der Waals surface area contributed by atoms with E-state index in [4.69, 9.17) is 0 Å². The summed E-state index contributed by atoms with van der Waals surface area (Å²) in [6.07, 6.45) is 5.72. The highest BCUT2D eigenvalue weighted by atomic mass is 16.3. The second kappa shape index (κ2) is 9.97. The Bertz CT molecular complexity index is 1270. The van der Waals surface area contributed by atoms with Crippen LogP contribution in [0.2, 0.25) is 0 Å². The molecule has 4 heteroatoms. The van der Waals surface area contributed by atoms with Gasteiger partial charge in [0.15, 0.2) is 0 Å². The minimum atomic E-state index is 0.227. The Labute approximate surface area is 217 Å². The van der Waals surface area contributed by atoms with Crippen LogP contribution < -0.4 is 4.90 Å². The van der Waals surface area contributed by atoms with Crippen molar-refractivity contribution >= 4 is 16.6 Å². The highest BCUT2D eigenvalue weighted by Gasteiger charge is 2.32. The molecule has 0 spiro atoms. The third kappa shape index (κ3) is 4.34. The third-order valence-electron chi connectivity index (χ3n) is 8.74. The summed E-state index contributed by atoms with van der Waals surface area (Å²) in [6.45, 7) is 19.5. The largest absolute Gasteiger partial charge is 0.513 e. The van der Waals surface area contributed by atoms with Gasteiger partial charge >= 0.3 is 0 Å². The van der Waals surface area contributed by atoms with E-state index in [0.717, 1.165) is 32.2 Å². The summed E-state index contributed by atoms with van der Waals surface area (Å²) in [7, 11) is 0. The van der Waals surface area contributed by atoms with Gasteiger partial charge in [0, 0.05) is 55.8 Å². The molecule has 2 aliphatic heterocycles. The van der Waals surface area contributed by atoms with Crippen LogP contribution in [-0.4, -0.2) is 46.3 Å². The summed E-state index contributed by atoms with van der Waals surface area (Å²) in [5, 5.41) is 11.7. The van der Waals surface area contributed by atoms with E-state index in [2.05, 4.69) is 85.9 Å². The number of aryl methyl sites for hydroxylation is 2. The van der Waals surface area contributed by atoms with Gasteiger partial charge in [-0.15, -0.1) is 0 Å². The molecule has 3 aromatic rings. The highest BCUT2D eigenvalue weighted by molar-refractivity contribution is 6.06. The van der Waals surface area contributed by atoms with Crippen molar-refractivity contribution in [1.82, 2.24) is 9.47 Å². The number of aliphatic hydroxyl groups excluding tert-OH is 1. The maximum atomic E-state index is 10.4. The molecule has 0 radical (unpaired) electrons. The maximum absolute atomic E-state index is 10.4. The molecule has 1 aromatic heterocycles. The number of hydrogen-bond acceptors (Lipinski definition) is 3. The topological polar surface area (TPSA) is 31.6 Å². The zero-order chi connectivity index (χ0) is 25.6. The van der Waals surface area contributed by atoms with E-state index < -0.39 is 0 Å². The molecule has 0 aliphatic carbocycles. The molecule has 1 saturated heterocycles. The summed E-state index contributed by atoms with van der Waals surface area (Å²) in [4.78, 5) is 5.40. The molecule has 3 heterocycles. The van der Waals surface area contributed by atoms with Gasteiger partial charge in [-0.3, -0.25) is 4.90 Å². The van der Waals surface area contributed by atoms with Gasteiger partial charge in [0.2, 0.25) is 0 Å². The molecule has 36 heavy (non-hydrogen) atoms. The molecule has 0 saturated carbocycles. The Morgan fingerprint density at radius 2 is 1.81 bits per heavy atom. The molecular formula is C32H43N3O. The molecule has 5 rings (SSSR count). The van der Waals surface area contributed by atoms with Crippen LogP contribution in [0.5, 0.6) is 0 Å². The number of aromatic nitrogens is 1. The number of anilines is 1. The van der Waals surface area contributed by atoms with Crippen LogP contribution in [0, 0.1) is 20.8 Å². The maximum Gasteiger partial charge on any atom is 0.0895 e. The van der Waals surface area contributed by atoms with Crippen molar-refractivity contribution in [3.63, 3.8) is 0 Å². The van der Waals surface area contributed by atoms with Crippen LogP contribution in [0.25, 0.3) is 22.0 Å². The fraction of sp³-hybridized carbons (Fsp3) is 0.500. The van der Waals surface area contributed by atoms with Gasteiger partial charge in [-0.2, -0.15) is 0 Å². The molecule has 2 atom stereocenters. The minimum absolute atomic E-state index is 0.227. The van der Waals surface area contributed by atoms with E-state index in [1.54, 1.807) is 0 Å². The van der Waals surface area contributed by atoms with Crippen LogP contribution in [0.1, 0.15) is 61.9 Å². The van der Waals surface area contributed by atoms with Gasteiger partial charge in [0.05, 0.1) is 17.0 Å². The SMILES string of the molecule is C=C(O)Cc1c(C)c2c3c(cc(C)n3CCN2CCN2C(C)CCC2CCC)c1-c1ccc(C)cc1. The van der Waals surface area contributed by atoms with Crippen LogP contribution in [0.3, 0.4) is 0 Å². The highest BCUT2D eigenvalue weighted by Crippen LogP contribution is 2.45. The van der Waals surface area contributed by atoms with Crippen LogP contribution in [0.15, 0.2) is 42.7 Å². The first-order chi connectivity index (χ1) is 17.3. The zero-order valence-corrected chi connectivity index (χ0v) is 22.9. The second-order valence-corrected chi connectivity index (χ2v) is 11.2. The number of rotatable bonds is 8. The lowest BCUT2D eigenvalue weighted by molar-refractivity contribution is 0.198. The standard InChI is InChI=1S/C32H43N3O/c1-7-8-27-14-11-22(3)34(27)17-15-33-16-18-35-23(4)19-29-30(26-12-9-21(2)10-13-26)28(20-24(5)36)25(6)31(33)32(29)35/h9-10,12-13,19,22,27,36H,5,7-8,11,14-18,20H2,1-4,6H3. The van der Waals surface area contributed by atoms with E-state index in [-0.39, 0.29) is 5.76 Å². The summed E-state index contributed by atoms with van der Waals surface area (Å²) >= 11 is 0. The summed E-state index contributed by atoms with van der Waals surface area (Å²) in [5.74, 6) is 0.227. The van der Waals surface area contributed by atoms with Gasteiger partial charge in [-0.1, -0.05) is 49.8 Å². The minimum Gasteiger partial charge on any atom is -0.513 e. The van der Waals surface area contributed by atoms with Crippen molar-refractivity contribution < 1.29 is 5.11 Å². The van der Waals surface area contributed by atoms with Crippen molar-refractivity contribution in [3.8, 4) is 11.1 Å². The van der Waals surface area contributed by atoms with Gasteiger partial charge in [-0.05, 0) is 75.3 Å². The van der Waals surface area contributed by atoms with E-state index in [0.29, 0.717) is 12.5 Å². The molecular weight excluding hydrogens is 442 g/mol. The fourth-order valence-electron chi connectivity index (χ4n) is 6.91. The Hall–Kier alpha value is -2.72. The number of aliphatic hydroxyl groups is 1. The normalized spacial score (nSPS) is 20.0. The van der Waals surface area contributed by atoms with Crippen molar-refractivity contribution in [1.29, 1.82) is 0 Å². The molecule has 2 aliphatic rings. The number of nitrogens with zero attached hydrogens (tertiary/aromatic N) is 3.